The number of carboxylic acids is 1. The summed E-state index contributed by atoms with van der Waals surface area (Å²) in [6.45, 7) is 1.80. The molecule has 0 aromatic heterocycles. The maximum atomic E-state index is 10.7. The molecule has 1 saturated carbocycles. The van der Waals surface area contributed by atoms with E-state index in [4.69, 9.17) is 15.6 Å². The molecular formula is C9H17NO3. The maximum absolute atomic E-state index is 10.7. The third-order valence-electron chi connectivity index (χ3n) is 2.49. The molecule has 0 amide bonds. The van der Waals surface area contributed by atoms with E-state index in [1.165, 1.54) is 0 Å². The van der Waals surface area contributed by atoms with Crippen molar-refractivity contribution in [2.45, 2.75) is 50.9 Å². The molecule has 0 saturated heterocycles. The molecule has 1 rings (SSSR count). The third-order valence-corrected chi connectivity index (χ3v) is 2.49. The van der Waals surface area contributed by atoms with Gasteiger partial charge < -0.3 is 15.6 Å². The van der Waals surface area contributed by atoms with Gasteiger partial charge in [-0.15, -0.1) is 0 Å². The van der Waals surface area contributed by atoms with Crippen molar-refractivity contribution in [2.75, 3.05) is 0 Å². The van der Waals surface area contributed by atoms with E-state index in [0.29, 0.717) is 6.42 Å². The highest BCUT2D eigenvalue weighted by Gasteiger charge is 2.29. The zero-order valence-corrected chi connectivity index (χ0v) is 7.90. The fourth-order valence-corrected chi connectivity index (χ4v) is 1.66. The van der Waals surface area contributed by atoms with Crippen LogP contribution in [0.25, 0.3) is 0 Å². The van der Waals surface area contributed by atoms with Crippen molar-refractivity contribution in [1.29, 1.82) is 0 Å². The predicted octanol–water partition coefficient (Wildman–Crippen LogP) is 0.746. The number of aliphatic carboxylic acids is 1. The number of carbonyl (C=O) groups is 1. The lowest BCUT2D eigenvalue weighted by atomic mass is 10.2. The monoisotopic (exact) mass is 187 g/mol. The summed E-state index contributed by atoms with van der Waals surface area (Å²) in [6.07, 6.45) is 2.64. The molecule has 4 heteroatoms. The largest absolute Gasteiger partial charge is 0.479 e. The van der Waals surface area contributed by atoms with Crippen LogP contribution in [0.4, 0.5) is 0 Å². The van der Waals surface area contributed by atoms with Crippen LogP contribution >= 0.6 is 0 Å². The van der Waals surface area contributed by atoms with E-state index in [-0.39, 0.29) is 12.1 Å². The van der Waals surface area contributed by atoms with Gasteiger partial charge in [0.05, 0.1) is 6.10 Å². The Morgan fingerprint density at radius 1 is 1.69 bits per heavy atom. The molecule has 4 nitrogen and oxygen atoms in total. The molecule has 0 radical (unpaired) electrons. The van der Waals surface area contributed by atoms with Gasteiger partial charge in [0, 0.05) is 6.04 Å². The van der Waals surface area contributed by atoms with Crippen LogP contribution in [0.15, 0.2) is 0 Å². The molecule has 3 unspecified atom stereocenters. The Hall–Kier alpha value is -0.610. The number of rotatable bonds is 4. The Labute approximate surface area is 78.1 Å². The van der Waals surface area contributed by atoms with Crippen molar-refractivity contribution < 1.29 is 14.6 Å². The van der Waals surface area contributed by atoms with Gasteiger partial charge in [-0.3, -0.25) is 0 Å². The Morgan fingerprint density at radius 3 is 2.77 bits per heavy atom. The van der Waals surface area contributed by atoms with Crippen molar-refractivity contribution in [3.8, 4) is 0 Å². The highest BCUT2D eigenvalue weighted by Crippen LogP contribution is 2.22. The Morgan fingerprint density at radius 2 is 2.38 bits per heavy atom. The van der Waals surface area contributed by atoms with Crippen LogP contribution < -0.4 is 5.73 Å². The van der Waals surface area contributed by atoms with Crippen molar-refractivity contribution >= 4 is 5.97 Å². The van der Waals surface area contributed by atoms with Gasteiger partial charge in [0.2, 0.25) is 0 Å². The van der Waals surface area contributed by atoms with Gasteiger partial charge in [0.25, 0.3) is 0 Å². The number of ether oxygens (including phenoxy) is 1. The summed E-state index contributed by atoms with van der Waals surface area (Å²) in [5.74, 6) is -0.887. The van der Waals surface area contributed by atoms with Gasteiger partial charge in [-0.05, 0) is 25.7 Å². The van der Waals surface area contributed by atoms with Gasteiger partial charge in [0.1, 0.15) is 0 Å². The van der Waals surface area contributed by atoms with Crippen LogP contribution in [0.2, 0.25) is 0 Å². The second-order valence-electron chi connectivity index (χ2n) is 3.50. The van der Waals surface area contributed by atoms with E-state index < -0.39 is 12.1 Å². The summed E-state index contributed by atoms with van der Waals surface area (Å²) in [7, 11) is 0. The first-order valence-corrected chi connectivity index (χ1v) is 4.79. The fraction of sp³-hybridized carbons (Fsp3) is 0.889. The summed E-state index contributed by atoms with van der Waals surface area (Å²) in [4.78, 5) is 10.7. The van der Waals surface area contributed by atoms with E-state index in [9.17, 15) is 4.79 Å². The zero-order chi connectivity index (χ0) is 9.84. The Kier molecular flexibility index (Phi) is 3.69. The van der Waals surface area contributed by atoms with Gasteiger partial charge in [-0.2, -0.15) is 0 Å². The number of hydrogen-bond donors (Lipinski definition) is 2. The first kappa shape index (κ1) is 10.5. The van der Waals surface area contributed by atoms with Crippen molar-refractivity contribution in [3.63, 3.8) is 0 Å². The molecule has 1 aliphatic carbocycles. The highest BCUT2D eigenvalue weighted by atomic mass is 16.5. The maximum Gasteiger partial charge on any atom is 0.332 e. The number of nitrogens with two attached hydrogens (primary N) is 1. The quantitative estimate of drug-likeness (QED) is 0.681. The first-order chi connectivity index (χ1) is 6.15. The van der Waals surface area contributed by atoms with Gasteiger partial charge >= 0.3 is 5.97 Å². The predicted molar refractivity (Wildman–Crippen MR) is 48.4 cm³/mol. The lowest BCUT2D eigenvalue weighted by Crippen LogP contribution is -2.37. The van der Waals surface area contributed by atoms with E-state index in [1.807, 2.05) is 0 Å². The van der Waals surface area contributed by atoms with Crippen LogP contribution in [0.5, 0.6) is 0 Å². The fourth-order valence-electron chi connectivity index (χ4n) is 1.66. The molecule has 1 fully saturated rings. The summed E-state index contributed by atoms with van der Waals surface area (Å²) >= 11 is 0. The average Bonchev–Trinajstić information content (AvgIpc) is 2.46. The molecule has 0 heterocycles. The highest BCUT2D eigenvalue weighted by molar-refractivity contribution is 5.72. The smallest absolute Gasteiger partial charge is 0.332 e. The zero-order valence-electron chi connectivity index (χ0n) is 7.90. The van der Waals surface area contributed by atoms with Crippen molar-refractivity contribution in [2.24, 2.45) is 5.73 Å². The standard InChI is InChI=1S/C9H17NO3/c1-2-7(9(11)12)13-8-5-3-4-6(8)10/h6-8H,2-5,10H2,1H3,(H,11,12). The van der Waals surface area contributed by atoms with Crippen LogP contribution in [-0.4, -0.2) is 29.3 Å². The van der Waals surface area contributed by atoms with Crippen molar-refractivity contribution in [3.05, 3.63) is 0 Å². The van der Waals surface area contributed by atoms with E-state index in [2.05, 4.69) is 0 Å². The first-order valence-electron chi connectivity index (χ1n) is 4.79. The molecule has 0 bridgehead atoms. The molecule has 0 aromatic carbocycles. The molecular weight excluding hydrogens is 170 g/mol. The number of carboxylic acid groups (broad SMARTS) is 1. The molecule has 0 spiro atoms. The molecule has 76 valence electrons. The van der Waals surface area contributed by atoms with Gasteiger partial charge in [0.15, 0.2) is 6.10 Å². The molecule has 0 aromatic rings. The minimum Gasteiger partial charge on any atom is -0.479 e. The summed E-state index contributed by atoms with van der Waals surface area (Å²) in [6, 6.07) is 0.0217. The topological polar surface area (TPSA) is 72.5 Å². The second kappa shape index (κ2) is 4.58. The van der Waals surface area contributed by atoms with E-state index in [0.717, 1.165) is 19.3 Å². The summed E-state index contributed by atoms with van der Waals surface area (Å²) in [5, 5.41) is 8.75. The van der Waals surface area contributed by atoms with E-state index in [1.54, 1.807) is 6.92 Å². The molecule has 1 aliphatic rings. The van der Waals surface area contributed by atoms with Crippen LogP contribution in [-0.2, 0) is 9.53 Å². The normalized spacial score (nSPS) is 30.3. The average molecular weight is 187 g/mol. The minimum atomic E-state index is -0.887. The molecule has 3 atom stereocenters. The van der Waals surface area contributed by atoms with Crippen LogP contribution in [0.3, 0.4) is 0 Å². The summed E-state index contributed by atoms with van der Waals surface area (Å²) < 4.78 is 5.41. The minimum absolute atomic E-state index is 0.0217. The second-order valence-corrected chi connectivity index (χ2v) is 3.50. The van der Waals surface area contributed by atoms with Gasteiger partial charge in [-0.25, -0.2) is 4.79 Å². The lowest BCUT2D eigenvalue weighted by molar-refractivity contribution is -0.154. The molecule has 0 aliphatic heterocycles. The van der Waals surface area contributed by atoms with Crippen LogP contribution in [0.1, 0.15) is 32.6 Å². The Balaban J connectivity index is 2.41. The van der Waals surface area contributed by atoms with Crippen LogP contribution in [0, 0.1) is 0 Å². The molecule has 3 N–H and O–H groups in total. The Bertz CT molecular complexity index is 184. The molecule has 13 heavy (non-hydrogen) atoms. The summed E-state index contributed by atoms with van der Waals surface area (Å²) in [5.41, 5.74) is 5.76. The third kappa shape index (κ3) is 2.67. The van der Waals surface area contributed by atoms with Gasteiger partial charge in [-0.1, -0.05) is 6.92 Å². The van der Waals surface area contributed by atoms with Crippen molar-refractivity contribution in [1.82, 2.24) is 0 Å². The van der Waals surface area contributed by atoms with E-state index >= 15 is 0 Å². The number of hydrogen-bond acceptors (Lipinski definition) is 3. The SMILES string of the molecule is CCC(OC1CCCC1N)C(=O)O. The lowest BCUT2D eigenvalue weighted by Gasteiger charge is -2.20.